The molecule has 0 fully saturated rings. The number of fused-ring (bicyclic) bond motifs is 1. The molecule has 2 aromatic carbocycles. The number of aromatic nitrogens is 4. The van der Waals surface area contributed by atoms with Gasteiger partial charge in [0.05, 0.1) is 28.7 Å². The van der Waals surface area contributed by atoms with Crippen molar-refractivity contribution in [3.63, 3.8) is 0 Å². The van der Waals surface area contributed by atoms with Crippen LogP contribution < -0.4 is 5.32 Å². The molecular formula is C22H21N5O. The second-order valence-electron chi connectivity index (χ2n) is 6.78. The predicted molar refractivity (Wildman–Crippen MR) is 108 cm³/mol. The predicted octanol–water partition coefficient (Wildman–Crippen LogP) is 3.42. The van der Waals surface area contributed by atoms with E-state index >= 15 is 0 Å². The second-order valence-corrected chi connectivity index (χ2v) is 6.78. The molecular weight excluding hydrogens is 350 g/mol. The fraction of sp³-hybridized carbons (Fsp3) is 0.182. The largest absolute Gasteiger partial charge is 0.348 e. The van der Waals surface area contributed by atoms with Crippen molar-refractivity contribution in [1.82, 2.24) is 24.8 Å². The van der Waals surface area contributed by atoms with Gasteiger partial charge in [-0.1, -0.05) is 24.3 Å². The molecule has 140 valence electrons. The van der Waals surface area contributed by atoms with E-state index < -0.39 is 0 Å². The lowest BCUT2D eigenvalue weighted by Gasteiger charge is -2.12. The van der Waals surface area contributed by atoms with Gasteiger partial charge in [0.15, 0.2) is 0 Å². The van der Waals surface area contributed by atoms with Gasteiger partial charge in [-0.05, 0) is 43.2 Å². The molecule has 4 aromatic rings. The van der Waals surface area contributed by atoms with Gasteiger partial charge < -0.3 is 9.88 Å². The Balaban J connectivity index is 1.50. The van der Waals surface area contributed by atoms with Gasteiger partial charge in [-0.3, -0.25) is 4.79 Å². The monoisotopic (exact) mass is 371 g/mol. The highest BCUT2D eigenvalue weighted by atomic mass is 16.1. The third-order valence-corrected chi connectivity index (χ3v) is 4.81. The first-order chi connectivity index (χ1) is 13.6. The van der Waals surface area contributed by atoms with Crippen LogP contribution in [-0.2, 0) is 13.1 Å². The summed E-state index contributed by atoms with van der Waals surface area (Å²) in [6.45, 7) is 5.03. The molecule has 0 atom stereocenters. The van der Waals surface area contributed by atoms with Gasteiger partial charge in [-0.15, -0.1) is 0 Å². The van der Waals surface area contributed by atoms with Gasteiger partial charge in [0, 0.05) is 31.0 Å². The Morgan fingerprint density at radius 3 is 2.50 bits per heavy atom. The van der Waals surface area contributed by atoms with E-state index in [2.05, 4.69) is 26.3 Å². The highest BCUT2D eigenvalue weighted by Gasteiger charge is 2.10. The van der Waals surface area contributed by atoms with Crippen molar-refractivity contribution in [3.8, 4) is 0 Å². The minimum atomic E-state index is -0.126. The highest BCUT2D eigenvalue weighted by Crippen LogP contribution is 2.15. The highest BCUT2D eigenvalue weighted by molar-refractivity contribution is 5.97. The number of hydrogen-bond acceptors (Lipinski definition) is 4. The molecule has 0 saturated carbocycles. The van der Waals surface area contributed by atoms with E-state index in [-0.39, 0.29) is 5.91 Å². The molecule has 6 heteroatoms. The van der Waals surface area contributed by atoms with E-state index in [9.17, 15) is 4.79 Å². The molecule has 2 aromatic heterocycles. The minimum absolute atomic E-state index is 0.126. The number of benzene rings is 2. The van der Waals surface area contributed by atoms with Crippen molar-refractivity contribution in [2.24, 2.45) is 0 Å². The van der Waals surface area contributed by atoms with Crippen LogP contribution in [0.3, 0.4) is 0 Å². The van der Waals surface area contributed by atoms with E-state index in [1.165, 1.54) is 0 Å². The Kier molecular flexibility index (Phi) is 4.85. The Morgan fingerprint density at radius 2 is 1.75 bits per heavy atom. The fourth-order valence-corrected chi connectivity index (χ4v) is 3.11. The lowest BCUT2D eigenvalue weighted by Crippen LogP contribution is -2.23. The topological polar surface area (TPSA) is 72.7 Å². The standard InChI is InChI=1S/C22H21N5O/c1-15-16(2)26-21-11-17(7-8-20(21)25-15)22(28)24-12-18-5-3-4-6-19(18)13-27-10-9-23-14-27/h3-11,14H,12-13H2,1-2H3,(H,24,28). The van der Waals surface area contributed by atoms with E-state index in [4.69, 9.17) is 0 Å². The zero-order valence-electron chi connectivity index (χ0n) is 15.9. The summed E-state index contributed by atoms with van der Waals surface area (Å²) in [6, 6.07) is 13.5. The number of imidazole rings is 1. The summed E-state index contributed by atoms with van der Waals surface area (Å²) >= 11 is 0. The number of rotatable bonds is 5. The van der Waals surface area contributed by atoms with Crippen molar-refractivity contribution < 1.29 is 4.79 Å². The normalized spacial score (nSPS) is 10.9. The lowest BCUT2D eigenvalue weighted by atomic mass is 10.1. The smallest absolute Gasteiger partial charge is 0.251 e. The molecule has 0 spiro atoms. The average molecular weight is 371 g/mol. The summed E-state index contributed by atoms with van der Waals surface area (Å²) in [5.41, 5.74) is 6.12. The van der Waals surface area contributed by atoms with Gasteiger partial charge in [0.1, 0.15) is 0 Å². The Bertz CT molecular complexity index is 1140. The molecule has 0 aliphatic heterocycles. The first-order valence-electron chi connectivity index (χ1n) is 9.16. The van der Waals surface area contributed by atoms with Crippen molar-refractivity contribution in [1.29, 1.82) is 0 Å². The number of aryl methyl sites for hydroxylation is 2. The van der Waals surface area contributed by atoms with Crippen LogP contribution in [0, 0.1) is 13.8 Å². The van der Waals surface area contributed by atoms with E-state index in [1.807, 2.05) is 48.9 Å². The van der Waals surface area contributed by atoms with Crippen LogP contribution in [0.25, 0.3) is 11.0 Å². The molecule has 0 aliphatic rings. The van der Waals surface area contributed by atoms with Crippen LogP contribution >= 0.6 is 0 Å². The number of amides is 1. The van der Waals surface area contributed by atoms with Crippen LogP contribution in [0.5, 0.6) is 0 Å². The molecule has 4 rings (SSSR count). The van der Waals surface area contributed by atoms with E-state index in [0.717, 1.165) is 40.1 Å². The average Bonchev–Trinajstić information content (AvgIpc) is 3.21. The van der Waals surface area contributed by atoms with Crippen molar-refractivity contribution in [2.45, 2.75) is 26.9 Å². The molecule has 2 heterocycles. The maximum atomic E-state index is 12.7. The van der Waals surface area contributed by atoms with Gasteiger partial charge in [0.2, 0.25) is 0 Å². The Labute approximate surface area is 163 Å². The van der Waals surface area contributed by atoms with Gasteiger partial charge in [-0.25, -0.2) is 15.0 Å². The molecule has 0 unspecified atom stereocenters. The summed E-state index contributed by atoms with van der Waals surface area (Å²) in [5, 5.41) is 3.01. The molecule has 0 radical (unpaired) electrons. The number of carbonyl (C=O) groups is 1. The van der Waals surface area contributed by atoms with Crippen LogP contribution in [-0.4, -0.2) is 25.4 Å². The second kappa shape index (κ2) is 7.60. The molecule has 1 amide bonds. The minimum Gasteiger partial charge on any atom is -0.348 e. The molecule has 0 bridgehead atoms. The molecule has 0 aliphatic carbocycles. The Hall–Kier alpha value is -3.54. The van der Waals surface area contributed by atoms with Crippen molar-refractivity contribution >= 4 is 16.9 Å². The number of carbonyl (C=O) groups excluding carboxylic acids is 1. The summed E-state index contributed by atoms with van der Waals surface area (Å²) in [4.78, 5) is 25.8. The summed E-state index contributed by atoms with van der Waals surface area (Å²) in [6.07, 6.45) is 5.47. The first kappa shape index (κ1) is 17.9. The fourth-order valence-electron chi connectivity index (χ4n) is 3.11. The van der Waals surface area contributed by atoms with Gasteiger partial charge >= 0.3 is 0 Å². The summed E-state index contributed by atoms with van der Waals surface area (Å²) in [5.74, 6) is -0.126. The first-order valence-corrected chi connectivity index (χ1v) is 9.16. The Morgan fingerprint density at radius 1 is 1.00 bits per heavy atom. The quantitative estimate of drug-likeness (QED) is 0.583. The van der Waals surface area contributed by atoms with Crippen LogP contribution in [0.4, 0.5) is 0 Å². The molecule has 6 nitrogen and oxygen atoms in total. The van der Waals surface area contributed by atoms with Crippen LogP contribution in [0.15, 0.2) is 61.2 Å². The van der Waals surface area contributed by atoms with Gasteiger partial charge in [-0.2, -0.15) is 0 Å². The molecule has 0 saturated heterocycles. The zero-order valence-corrected chi connectivity index (χ0v) is 15.9. The number of nitrogens with one attached hydrogen (secondary N) is 1. The maximum Gasteiger partial charge on any atom is 0.251 e. The van der Waals surface area contributed by atoms with Crippen molar-refractivity contribution in [3.05, 3.63) is 89.3 Å². The van der Waals surface area contributed by atoms with E-state index in [0.29, 0.717) is 12.1 Å². The third kappa shape index (κ3) is 3.76. The maximum absolute atomic E-state index is 12.7. The van der Waals surface area contributed by atoms with E-state index in [1.54, 1.807) is 24.7 Å². The SMILES string of the molecule is Cc1nc2ccc(C(=O)NCc3ccccc3Cn3ccnc3)cc2nc1C. The van der Waals surface area contributed by atoms with Gasteiger partial charge in [0.25, 0.3) is 5.91 Å². The lowest BCUT2D eigenvalue weighted by molar-refractivity contribution is 0.0951. The third-order valence-electron chi connectivity index (χ3n) is 4.81. The molecule has 1 N–H and O–H groups in total. The van der Waals surface area contributed by atoms with Crippen LogP contribution in [0.2, 0.25) is 0 Å². The summed E-state index contributed by atoms with van der Waals surface area (Å²) < 4.78 is 2.01. The summed E-state index contributed by atoms with van der Waals surface area (Å²) in [7, 11) is 0. The number of nitrogens with zero attached hydrogens (tertiary/aromatic N) is 4. The molecule has 28 heavy (non-hydrogen) atoms. The van der Waals surface area contributed by atoms with Crippen LogP contribution in [0.1, 0.15) is 32.9 Å². The number of hydrogen-bond donors (Lipinski definition) is 1. The zero-order chi connectivity index (χ0) is 19.5. The van der Waals surface area contributed by atoms with Crippen molar-refractivity contribution in [2.75, 3.05) is 0 Å².